The van der Waals surface area contributed by atoms with Crippen molar-refractivity contribution in [3.05, 3.63) is 0 Å². The number of hydrogen-bond acceptors (Lipinski definition) is 3. The van der Waals surface area contributed by atoms with Gasteiger partial charge in [0.1, 0.15) is 0 Å². The smallest absolute Gasteiger partial charge is 0.168 e. The van der Waals surface area contributed by atoms with E-state index in [1.54, 1.807) is 0 Å². The van der Waals surface area contributed by atoms with E-state index in [-0.39, 0.29) is 11.7 Å². The molecule has 0 bridgehead atoms. The molecule has 1 rings (SSSR count). The summed E-state index contributed by atoms with van der Waals surface area (Å²) >= 11 is 0. The molecule has 3 heteroatoms. The summed E-state index contributed by atoms with van der Waals surface area (Å²) in [5, 5.41) is 8.63. The van der Waals surface area contributed by atoms with Crippen LogP contribution in [0.5, 0.6) is 0 Å². The van der Waals surface area contributed by atoms with Crippen LogP contribution in [-0.2, 0) is 9.47 Å². The Morgan fingerprint density at radius 2 is 2.08 bits per heavy atom. The van der Waals surface area contributed by atoms with Crippen LogP contribution in [0.15, 0.2) is 0 Å². The molecule has 0 amide bonds. The normalized spacial score (nSPS) is 22.5. The summed E-state index contributed by atoms with van der Waals surface area (Å²) in [5.41, 5.74) is 0. The van der Waals surface area contributed by atoms with E-state index in [4.69, 9.17) is 14.7 Å². The maximum absolute atomic E-state index is 8.63. The summed E-state index contributed by atoms with van der Waals surface area (Å²) in [5.74, 6) is -0.290. The van der Waals surface area contributed by atoms with Crippen LogP contribution in [0.1, 0.15) is 33.1 Å². The lowest BCUT2D eigenvalue weighted by Gasteiger charge is -2.26. The zero-order chi connectivity index (χ0) is 9.73. The minimum atomic E-state index is -0.384. The molecule has 1 heterocycles. The average Bonchev–Trinajstić information content (AvgIpc) is 2.63. The van der Waals surface area contributed by atoms with Gasteiger partial charge in [0.15, 0.2) is 5.79 Å². The molecule has 1 unspecified atom stereocenters. The zero-order valence-corrected chi connectivity index (χ0v) is 8.38. The van der Waals surface area contributed by atoms with Crippen LogP contribution in [0.2, 0.25) is 0 Å². The molecule has 0 saturated carbocycles. The second kappa shape index (κ2) is 4.59. The fraction of sp³-hybridized carbons (Fsp3) is 0.900. The molecule has 1 fully saturated rings. The molecule has 0 N–H and O–H groups in total. The lowest BCUT2D eigenvalue weighted by molar-refractivity contribution is -0.165. The van der Waals surface area contributed by atoms with Crippen molar-refractivity contribution in [1.29, 1.82) is 5.26 Å². The second-order valence-corrected chi connectivity index (χ2v) is 3.53. The predicted octanol–water partition coefficient (Wildman–Crippen LogP) is 2.08. The van der Waals surface area contributed by atoms with Gasteiger partial charge in [-0.1, -0.05) is 6.92 Å². The molecule has 1 atom stereocenters. The average molecular weight is 183 g/mol. The molecule has 0 radical (unpaired) electrons. The van der Waals surface area contributed by atoms with Gasteiger partial charge in [-0.05, 0) is 19.8 Å². The van der Waals surface area contributed by atoms with Gasteiger partial charge in [0.05, 0.1) is 19.3 Å². The van der Waals surface area contributed by atoms with Gasteiger partial charge >= 0.3 is 0 Å². The third kappa shape index (κ3) is 2.68. The van der Waals surface area contributed by atoms with Gasteiger partial charge in [-0.3, -0.25) is 0 Å². The number of nitrogens with zero attached hydrogens (tertiary/aromatic N) is 1. The monoisotopic (exact) mass is 183 g/mol. The lowest BCUT2D eigenvalue weighted by atomic mass is 10.0. The molecule has 13 heavy (non-hydrogen) atoms. The Balaban J connectivity index is 2.36. The van der Waals surface area contributed by atoms with Crippen LogP contribution in [0.3, 0.4) is 0 Å². The van der Waals surface area contributed by atoms with E-state index >= 15 is 0 Å². The third-order valence-electron chi connectivity index (χ3n) is 2.53. The maximum atomic E-state index is 8.63. The van der Waals surface area contributed by atoms with Gasteiger partial charge in [-0.2, -0.15) is 5.26 Å². The standard InChI is InChI=1S/C10H17NO2/c1-3-10(12-6-7-13-10)5-4-9(2)8-11/h9H,3-7H2,1-2H3. The Kier molecular flexibility index (Phi) is 3.71. The first-order valence-corrected chi connectivity index (χ1v) is 4.90. The molecule has 0 aromatic carbocycles. The van der Waals surface area contributed by atoms with Crippen molar-refractivity contribution in [2.24, 2.45) is 5.92 Å². The minimum absolute atomic E-state index is 0.0937. The molecule has 3 nitrogen and oxygen atoms in total. The summed E-state index contributed by atoms with van der Waals surface area (Å²) < 4.78 is 11.1. The van der Waals surface area contributed by atoms with Gasteiger partial charge in [-0.15, -0.1) is 0 Å². The molecule has 0 aromatic heterocycles. The van der Waals surface area contributed by atoms with E-state index in [9.17, 15) is 0 Å². The van der Waals surface area contributed by atoms with E-state index in [0.717, 1.165) is 19.3 Å². The molecule has 0 aromatic rings. The molecule has 1 aliphatic heterocycles. The Morgan fingerprint density at radius 1 is 1.46 bits per heavy atom. The van der Waals surface area contributed by atoms with Crippen molar-refractivity contribution in [3.63, 3.8) is 0 Å². The van der Waals surface area contributed by atoms with E-state index in [1.165, 1.54) is 0 Å². The Labute approximate surface area is 79.6 Å². The first kappa shape index (κ1) is 10.5. The van der Waals surface area contributed by atoms with E-state index < -0.39 is 0 Å². The molecular weight excluding hydrogens is 166 g/mol. The lowest BCUT2D eigenvalue weighted by Crippen LogP contribution is -2.29. The van der Waals surface area contributed by atoms with Gasteiger partial charge < -0.3 is 9.47 Å². The van der Waals surface area contributed by atoms with Crippen LogP contribution in [0.4, 0.5) is 0 Å². The highest BCUT2D eigenvalue weighted by molar-refractivity contribution is 4.82. The fourth-order valence-electron chi connectivity index (χ4n) is 1.52. The van der Waals surface area contributed by atoms with Gasteiger partial charge in [0.25, 0.3) is 0 Å². The van der Waals surface area contributed by atoms with Crippen molar-refractivity contribution in [2.75, 3.05) is 13.2 Å². The highest BCUT2D eigenvalue weighted by atomic mass is 16.7. The summed E-state index contributed by atoms with van der Waals surface area (Å²) in [6.45, 7) is 5.37. The largest absolute Gasteiger partial charge is 0.348 e. The van der Waals surface area contributed by atoms with E-state index in [0.29, 0.717) is 13.2 Å². The maximum Gasteiger partial charge on any atom is 0.168 e. The summed E-state index contributed by atoms with van der Waals surface area (Å²) in [6, 6.07) is 2.22. The molecule has 1 saturated heterocycles. The molecule has 1 aliphatic rings. The van der Waals surface area contributed by atoms with Crippen LogP contribution in [0, 0.1) is 17.2 Å². The quantitative estimate of drug-likeness (QED) is 0.670. The number of rotatable bonds is 4. The van der Waals surface area contributed by atoms with Gasteiger partial charge in [-0.25, -0.2) is 0 Å². The minimum Gasteiger partial charge on any atom is -0.348 e. The van der Waals surface area contributed by atoms with Crippen molar-refractivity contribution >= 4 is 0 Å². The van der Waals surface area contributed by atoms with Crippen LogP contribution < -0.4 is 0 Å². The Hall–Kier alpha value is -0.590. The van der Waals surface area contributed by atoms with Gasteiger partial charge in [0, 0.05) is 12.3 Å². The zero-order valence-electron chi connectivity index (χ0n) is 8.38. The van der Waals surface area contributed by atoms with E-state index in [2.05, 4.69) is 13.0 Å². The first-order chi connectivity index (χ1) is 6.22. The molecule has 74 valence electrons. The fourth-order valence-corrected chi connectivity index (χ4v) is 1.52. The first-order valence-electron chi connectivity index (χ1n) is 4.90. The van der Waals surface area contributed by atoms with Crippen LogP contribution in [-0.4, -0.2) is 19.0 Å². The summed E-state index contributed by atoms with van der Waals surface area (Å²) in [7, 11) is 0. The third-order valence-corrected chi connectivity index (χ3v) is 2.53. The molecular formula is C10H17NO2. The van der Waals surface area contributed by atoms with Crippen LogP contribution in [0.25, 0.3) is 0 Å². The summed E-state index contributed by atoms with van der Waals surface area (Å²) in [6.07, 6.45) is 2.55. The second-order valence-electron chi connectivity index (χ2n) is 3.53. The number of hydrogen-bond donors (Lipinski definition) is 0. The van der Waals surface area contributed by atoms with Crippen molar-refractivity contribution in [2.45, 2.75) is 38.9 Å². The van der Waals surface area contributed by atoms with Crippen molar-refractivity contribution in [1.82, 2.24) is 0 Å². The topological polar surface area (TPSA) is 42.2 Å². The predicted molar refractivity (Wildman–Crippen MR) is 48.9 cm³/mol. The highest BCUT2D eigenvalue weighted by Crippen LogP contribution is 2.29. The van der Waals surface area contributed by atoms with Crippen molar-refractivity contribution in [3.8, 4) is 6.07 Å². The number of nitriles is 1. The Morgan fingerprint density at radius 3 is 2.54 bits per heavy atom. The van der Waals surface area contributed by atoms with Crippen LogP contribution >= 0.6 is 0 Å². The van der Waals surface area contributed by atoms with E-state index in [1.807, 2.05) is 6.92 Å². The molecule has 0 spiro atoms. The summed E-state index contributed by atoms with van der Waals surface area (Å²) in [4.78, 5) is 0. The number of ether oxygens (including phenoxy) is 2. The Bertz CT molecular complexity index is 192. The van der Waals surface area contributed by atoms with Gasteiger partial charge in [0.2, 0.25) is 0 Å². The SMILES string of the molecule is CCC1(CCC(C)C#N)OCCO1. The van der Waals surface area contributed by atoms with Crippen molar-refractivity contribution < 1.29 is 9.47 Å². The molecule has 0 aliphatic carbocycles. The highest BCUT2D eigenvalue weighted by Gasteiger charge is 2.34.